The van der Waals surface area contributed by atoms with Crippen molar-refractivity contribution in [2.24, 2.45) is 7.05 Å². The van der Waals surface area contributed by atoms with E-state index in [1.54, 1.807) is 0 Å². The van der Waals surface area contributed by atoms with E-state index in [-0.39, 0.29) is 0 Å². The van der Waals surface area contributed by atoms with Gasteiger partial charge in [0.25, 0.3) is 0 Å². The van der Waals surface area contributed by atoms with Crippen LogP contribution in [0.15, 0.2) is 0 Å². The Morgan fingerprint density at radius 3 is 2.12 bits per heavy atom. The molecule has 1 fully saturated rings. The fraction of sp³-hybridized carbons (Fsp3) is 0.750. The molecular weight excluding hydrogens is 200 g/mol. The van der Waals surface area contributed by atoms with Crippen molar-refractivity contribution in [3.8, 4) is 0 Å². The normalized spacial score (nSPS) is 18.2. The summed E-state index contributed by atoms with van der Waals surface area (Å²) >= 11 is 0. The summed E-state index contributed by atoms with van der Waals surface area (Å²) in [6.07, 6.45) is 6.60. The zero-order valence-electron chi connectivity index (χ0n) is 10.4. The average Bonchev–Trinajstić information content (AvgIpc) is 2.43. The van der Waals surface area contributed by atoms with Crippen molar-refractivity contribution in [2.75, 3.05) is 23.7 Å². The van der Waals surface area contributed by atoms with Crippen LogP contribution in [0.3, 0.4) is 0 Å². The Morgan fingerprint density at radius 2 is 1.62 bits per heavy atom. The Kier molecular flexibility index (Phi) is 3.36. The molecule has 16 heavy (non-hydrogen) atoms. The van der Waals surface area contributed by atoms with Gasteiger partial charge in [-0.05, 0) is 19.8 Å². The number of nitrogen functional groups attached to an aromatic ring is 1. The van der Waals surface area contributed by atoms with Crippen molar-refractivity contribution in [1.82, 2.24) is 9.78 Å². The van der Waals surface area contributed by atoms with Crippen LogP contribution in [0.4, 0.5) is 11.5 Å². The summed E-state index contributed by atoms with van der Waals surface area (Å²) in [7, 11) is 1.98. The second-order valence-corrected chi connectivity index (χ2v) is 4.70. The van der Waals surface area contributed by atoms with Crippen molar-refractivity contribution >= 4 is 11.5 Å². The molecule has 0 aliphatic carbocycles. The maximum Gasteiger partial charge on any atom is 0.150 e. The van der Waals surface area contributed by atoms with Gasteiger partial charge in [-0.2, -0.15) is 5.10 Å². The number of hydrogen-bond acceptors (Lipinski definition) is 3. The summed E-state index contributed by atoms with van der Waals surface area (Å²) < 4.78 is 1.92. The highest BCUT2D eigenvalue weighted by Crippen LogP contribution is 2.27. The van der Waals surface area contributed by atoms with Crippen LogP contribution in [0.2, 0.25) is 0 Å². The zero-order valence-corrected chi connectivity index (χ0v) is 10.4. The van der Waals surface area contributed by atoms with E-state index in [0.717, 1.165) is 30.3 Å². The van der Waals surface area contributed by atoms with Crippen molar-refractivity contribution in [3.63, 3.8) is 0 Å². The minimum Gasteiger partial charge on any atom is -0.394 e. The summed E-state index contributed by atoms with van der Waals surface area (Å²) in [6.45, 7) is 4.20. The Balaban J connectivity index is 2.20. The highest BCUT2D eigenvalue weighted by Gasteiger charge is 2.17. The molecule has 1 aromatic rings. The van der Waals surface area contributed by atoms with E-state index in [1.165, 1.54) is 32.1 Å². The fourth-order valence-corrected chi connectivity index (χ4v) is 2.50. The molecule has 2 heterocycles. The maximum atomic E-state index is 6.10. The van der Waals surface area contributed by atoms with Gasteiger partial charge in [0.2, 0.25) is 0 Å². The number of aryl methyl sites for hydroxylation is 2. The third kappa shape index (κ3) is 2.15. The van der Waals surface area contributed by atoms with Crippen LogP contribution < -0.4 is 10.6 Å². The van der Waals surface area contributed by atoms with Gasteiger partial charge in [0, 0.05) is 20.1 Å². The van der Waals surface area contributed by atoms with Crippen LogP contribution in [-0.4, -0.2) is 22.9 Å². The molecule has 4 nitrogen and oxygen atoms in total. The van der Waals surface area contributed by atoms with E-state index in [2.05, 4.69) is 10.00 Å². The first-order valence-electron chi connectivity index (χ1n) is 6.24. The number of anilines is 2. The monoisotopic (exact) mass is 222 g/mol. The predicted molar refractivity (Wildman–Crippen MR) is 67.7 cm³/mol. The van der Waals surface area contributed by atoms with E-state index in [4.69, 9.17) is 5.73 Å². The van der Waals surface area contributed by atoms with Gasteiger partial charge in [-0.25, -0.2) is 0 Å². The Morgan fingerprint density at radius 1 is 1.06 bits per heavy atom. The van der Waals surface area contributed by atoms with Gasteiger partial charge in [0.05, 0.1) is 11.4 Å². The van der Waals surface area contributed by atoms with Crippen molar-refractivity contribution in [2.45, 2.75) is 39.0 Å². The molecule has 1 aromatic heterocycles. The average molecular weight is 222 g/mol. The highest BCUT2D eigenvalue weighted by molar-refractivity contribution is 5.66. The zero-order chi connectivity index (χ0) is 11.5. The topological polar surface area (TPSA) is 47.1 Å². The molecule has 0 bridgehead atoms. The minimum absolute atomic E-state index is 0.850. The molecule has 1 saturated heterocycles. The van der Waals surface area contributed by atoms with Gasteiger partial charge < -0.3 is 10.6 Å². The SMILES string of the molecule is Cc1nn(C)c(N2CCCCCCC2)c1N. The molecule has 0 unspecified atom stereocenters. The van der Waals surface area contributed by atoms with E-state index >= 15 is 0 Å². The van der Waals surface area contributed by atoms with E-state index in [0.29, 0.717) is 0 Å². The lowest BCUT2D eigenvalue weighted by Crippen LogP contribution is -2.29. The number of nitrogens with two attached hydrogens (primary N) is 1. The lowest BCUT2D eigenvalue weighted by molar-refractivity contribution is 0.546. The van der Waals surface area contributed by atoms with Gasteiger partial charge in [-0.3, -0.25) is 4.68 Å². The van der Waals surface area contributed by atoms with Gasteiger partial charge in [-0.1, -0.05) is 19.3 Å². The number of aromatic nitrogens is 2. The van der Waals surface area contributed by atoms with Gasteiger partial charge in [0.1, 0.15) is 5.82 Å². The van der Waals surface area contributed by atoms with Crippen LogP contribution in [0.25, 0.3) is 0 Å². The summed E-state index contributed by atoms with van der Waals surface area (Å²) in [4.78, 5) is 2.40. The van der Waals surface area contributed by atoms with Crippen molar-refractivity contribution in [3.05, 3.63) is 5.69 Å². The number of nitrogens with zero attached hydrogens (tertiary/aromatic N) is 3. The second-order valence-electron chi connectivity index (χ2n) is 4.70. The third-order valence-corrected chi connectivity index (χ3v) is 3.39. The summed E-state index contributed by atoms with van der Waals surface area (Å²) in [5.41, 5.74) is 7.89. The standard InChI is InChI=1S/C12H22N4/c1-10-11(13)12(15(2)14-10)16-8-6-4-3-5-7-9-16/h3-9,13H2,1-2H3. The molecule has 0 radical (unpaired) electrons. The molecule has 4 heteroatoms. The van der Waals surface area contributed by atoms with Gasteiger partial charge >= 0.3 is 0 Å². The number of hydrogen-bond donors (Lipinski definition) is 1. The summed E-state index contributed by atoms with van der Waals surface area (Å²) in [5.74, 6) is 1.11. The van der Waals surface area contributed by atoms with Crippen LogP contribution in [0, 0.1) is 6.92 Å². The molecule has 1 aliphatic heterocycles. The second kappa shape index (κ2) is 4.76. The van der Waals surface area contributed by atoms with Gasteiger partial charge in [-0.15, -0.1) is 0 Å². The molecule has 0 atom stereocenters. The quantitative estimate of drug-likeness (QED) is 0.791. The first-order chi connectivity index (χ1) is 7.70. The molecule has 0 saturated carbocycles. The maximum absolute atomic E-state index is 6.10. The Labute approximate surface area is 97.4 Å². The van der Waals surface area contributed by atoms with Crippen LogP contribution in [-0.2, 0) is 7.05 Å². The van der Waals surface area contributed by atoms with Crippen molar-refractivity contribution in [1.29, 1.82) is 0 Å². The highest BCUT2D eigenvalue weighted by atomic mass is 15.4. The molecule has 0 spiro atoms. The molecule has 0 amide bonds. The lowest BCUT2D eigenvalue weighted by Gasteiger charge is -2.27. The molecule has 1 aliphatic rings. The van der Waals surface area contributed by atoms with Crippen molar-refractivity contribution < 1.29 is 0 Å². The smallest absolute Gasteiger partial charge is 0.150 e. The summed E-state index contributed by atoms with van der Waals surface area (Å²) in [5, 5.41) is 4.39. The first-order valence-corrected chi connectivity index (χ1v) is 6.24. The van der Waals surface area contributed by atoms with E-state index in [9.17, 15) is 0 Å². The molecule has 0 aromatic carbocycles. The van der Waals surface area contributed by atoms with Crippen LogP contribution in [0.5, 0.6) is 0 Å². The fourth-order valence-electron chi connectivity index (χ4n) is 2.50. The predicted octanol–water partition coefficient (Wildman–Crippen LogP) is 2.08. The molecule has 2 N–H and O–H groups in total. The Hall–Kier alpha value is -1.19. The van der Waals surface area contributed by atoms with E-state index < -0.39 is 0 Å². The van der Waals surface area contributed by atoms with Crippen LogP contribution >= 0.6 is 0 Å². The molecule has 2 rings (SSSR count). The number of rotatable bonds is 1. The molecule has 90 valence electrons. The third-order valence-electron chi connectivity index (χ3n) is 3.39. The largest absolute Gasteiger partial charge is 0.394 e. The van der Waals surface area contributed by atoms with Crippen LogP contribution in [0.1, 0.15) is 37.8 Å². The lowest BCUT2D eigenvalue weighted by atomic mass is 10.1. The van der Waals surface area contributed by atoms with E-state index in [1.807, 2.05) is 18.7 Å². The first kappa shape index (κ1) is 11.3. The minimum atomic E-state index is 0.850. The van der Waals surface area contributed by atoms with Gasteiger partial charge in [0.15, 0.2) is 0 Å². The Bertz CT molecular complexity index is 348. The molecular formula is C12H22N4. The summed E-state index contributed by atoms with van der Waals surface area (Å²) in [6, 6.07) is 0.